The van der Waals surface area contributed by atoms with E-state index in [0.717, 1.165) is 21.8 Å². The summed E-state index contributed by atoms with van der Waals surface area (Å²) >= 11 is 1.56. The molecule has 1 aliphatic rings. The van der Waals surface area contributed by atoms with Crippen molar-refractivity contribution in [2.24, 2.45) is 7.05 Å². The number of nitrogens with one attached hydrogen (secondary N) is 2. The lowest BCUT2D eigenvalue weighted by molar-refractivity contribution is -0.245. The van der Waals surface area contributed by atoms with E-state index >= 15 is 0 Å². The highest BCUT2D eigenvalue weighted by molar-refractivity contribution is 7.99. The highest BCUT2D eigenvalue weighted by atomic mass is 32.2. The number of thioether (sulfide) groups is 1. The van der Waals surface area contributed by atoms with Crippen LogP contribution in [0.2, 0.25) is 0 Å². The van der Waals surface area contributed by atoms with Gasteiger partial charge in [-0.2, -0.15) is 0 Å². The molecule has 1 saturated heterocycles. The fourth-order valence-corrected chi connectivity index (χ4v) is 4.95. The predicted molar refractivity (Wildman–Crippen MR) is 139 cm³/mol. The van der Waals surface area contributed by atoms with Crippen molar-refractivity contribution in [3.05, 3.63) is 71.5 Å². The Hall–Kier alpha value is -3.29. The second-order valence-corrected chi connectivity index (χ2v) is 9.93. The van der Waals surface area contributed by atoms with E-state index in [-0.39, 0.29) is 37.6 Å². The molecule has 2 heterocycles. The number of carbonyl (C=O) groups is 2. The lowest BCUT2D eigenvalue weighted by atomic mass is 10.0. The Labute approximate surface area is 224 Å². The number of aliphatic hydroxyl groups excluding tert-OH is 1. The van der Waals surface area contributed by atoms with Crippen LogP contribution >= 0.6 is 11.8 Å². The first-order chi connectivity index (χ1) is 18.4. The van der Waals surface area contributed by atoms with Crippen molar-refractivity contribution in [2.75, 3.05) is 11.1 Å². The Morgan fingerprint density at radius 2 is 1.89 bits per heavy atom. The summed E-state index contributed by atoms with van der Waals surface area (Å²) in [4.78, 5) is 23.5. The van der Waals surface area contributed by atoms with Gasteiger partial charge in [-0.25, -0.2) is 5.48 Å². The summed E-state index contributed by atoms with van der Waals surface area (Å²) in [5.74, 6) is -0.118. The summed E-state index contributed by atoms with van der Waals surface area (Å²) in [6.07, 6.45) is 1.76. The van der Waals surface area contributed by atoms with E-state index in [2.05, 4.69) is 15.5 Å². The zero-order valence-corrected chi connectivity index (χ0v) is 21.8. The molecule has 0 unspecified atom stereocenters. The third-order valence-corrected chi connectivity index (χ3v) is 7.22. The Morgan fingerprint density at radius 3 is 2.61 bits per heavy atom. The molecule has 0 aliphatic carbocycles. The number of hydrogen-bond acceptors (Lipinski definition) is 9. The number of rotatable bonds is 11. The topological polar surface area (TPSA) is 148 Å². The quantitative estimate of drug-likeness (QED) is 0.163. The van der Waals surface area contributed by atoms with E-state index in [1.807, 2.05) is 54.1 Å². The zero-order chi connectivity index (χ0) is 26.9. The molecular formula is C26H31N5O6S. The molecule has 1 fully saturated rings. The Morgan fingerprint density at radius 1 is 1.11 bits per heavy atom. The molecule has 11 nitrogen and oxygen atoms in total. The number of aromatic nitrogens is 3. The summed E-state index contributed by atoms with van der Waals surface area (Å²) in [5, 5.41) is 29.7. The van der Waals surface area contributed by atoms with Crippen LogP contribution in [0.15, 0.2) is 60.0 Å². The molecule has 38 heavy (non-hydrogen) atoms. The van der Waals surface area contributed by atoms with Gasteiger partial charge >= 0.3 is 0 Å². The monoisotopic (exact) mass is 541 g/mol. The molecule has 0 spiro atoms. The largest absolute Gasteiger partial charge is 0.392 e. The van der Waals surface area contributed by atoms with E-state index in [1.54, 1.807) is 29.6 Å². The number of amides is 2. The minimum Gasteiger partial charge on any atom is -0.392 e. The molecule has 12 heteroatoms. The minimum absolute atomic E-state index is 0.0261. The van der Waals surface area contributed by atoms with Crippen molar-refractivity contribution in [1.82, 2.24) is 20.2 Å². The molecule has 2 aromatic carbocycles. The Balaban J connectivity index is 1.46. The van der Waals surface area contributed by atoms with Crippen LogP contribution in [-0.2, 0) is 32.7 Å². The molecule has 2 amide bonds. The minimum atomic E-state index is -0.665. The predicted octanol–water partition coefficient (Wildman–Crippen LogP) is 3.26. The van der Waals surface area contributed by atoms with Gasteiger partial charge in [-0.1, -0.05) is 48.2 Å². The van der Waals surface area contributed by atoms with Gasteiger partial charge in [-0.05, 0) is 29.7 Å². The first-order valence-electron chi connectivity index (χ1n) is 12.3. The van der Waals surface area contributed by atoms with Gasteiger partial charge in [-0.3, -0.25) is 14.8 Å². The lowest BCUT2D eigenvalue weighted by Crippen LogP contribution is -2.31. The molecule has 3 atom stereocenters. The maximum Gasteiger partial charge on any atom is 0.243 e. The normalized spacial score (nSPS) is 19.2. The first kappa shape index (κ1) is 27.7. The number of hydrogen-bond donors (Lipinski definition) is 4. The Kier molecular flexibility index (Phi) is 9.85. The fraction of sp³-hybridized carbons (Fsp3) is 0.385. The number of hydroxylamine groups is 1. The SMILES string of the molecule is Cn1cnnc1SC[C@H]1C[C@@H](c2ccc(CO)cc2)O[C@@H](c2cccc(NC(=O)CCCC(=O)NO)c2)O1. The van der Waals surface area contributed by atoms with Gasteiger partial charge in [0.05, 0.1) is 18.8 Å². The summed E-state index contributed by atoms with van der Waals surface area (Å²) < 4.78 is 14.6. The van der Waals surface area contributed by atoms with Crippen LogP contribution in [0.5, 0.6) is 0 Å². The summed E-state index contributed by atoms with van der Waals surface area (Å²) in [7, 11) is 1.89. The highest BCUT2D eigenvalue weighted by Crippen LogP contribution is 2.39. The van der Waals surface area contributed by atoms with Gasteiger partial charge in [0.2, 0.25) is 11.8 Å². The molecule has 4 N–H and O–H groups in total. The molecule has 4 rings (SSSR count). The molecule has 1 aromatic heterocycles. The number of nitrogens with zero attached hydrogens (tertiary/aromatic N) is 3. The maximum absolute atomic E-state index is 12.3. The van der Waals surface area contributed by atoms with E-state index in [0.29, 0.717) is 24.3 Å². The number of aliphatic hydroxyl groups is 1. The summed E-state index contributed by atoms with van der Waals surface area (Å²) in [6, 6.07) is 15.0. The average molecular weight is 542 g/mol. The first-order valence-corrected chi connectivity index (χ1v) is 13.2. The molecular weight excluding hydrogens is 510 g/mol. The van der Waals surface area contributed by atoms with E-state index in [4.69, 9.17) is 14.7 Å². The Bertz CT molecular complexity index is 1220. The van der Waals surface area contributed by atoms with Crippen molar-refractivity contribution >= 4 is 29.3 Å². The van der Waals surface area contributed by atoms with Gasteiger partial charge in [-0.15, -0.1) is 10.2 Å². The molecule has 202 valence electrons. The molecule has 1 aliphatic heterocycles. The molecule has 0 bridgehead atoms. The average Bonchev–Trinajstić information content (AvgIpc) is 3.36. The van der Waals surface area contributed by atoms with Crippen LogP contribution in [-0.4, -0.2) is 48.7 Å². The van der Waals surface area contributed by atoms with E-state index in [9.17, 15) is 14.7 Å². The number of ether oxygens (including phenoxy) is 2. The third kappa shape index (κ3) is 7.62. The van der Waals surface area contributed by atoms with Crippen LogP contribution in [0.1, 0.15) is 54.8 Å². The van der Waals surface area contributed by atoms with Gasteiger partial charge in [0.15, 0.2) is 11.4 Å². The highest BCUT2D eigenvalue weighted by Gasteiger charge is 2.32. The maximum atomic E-state index is 12.3. The van der Waals surface area contributed by atoms with Crippen LogP contribution in [0.25, 0.3) is 0 Å². The number of anilines is 1. The van der Waals surface area contributed by atoms with Crippen molar-refractivity contribution < 1.29 is 29.4 Å². The van der Waals surface area contributed by atoms with Crippen LogP contribution in [0.3, 0.4) is 0 Å². The molecule has 3 aromatic rings. The second-order valence-electron chi connectivity index (χ2n) is 8.95. The fourth-order valence-electron chi connectivity index (χ4n) is 4.05. The summed E-state index contributed by atoms with van der Waals surface area (Å²) in [5.41, 5.74) is 4.72. The smallest absolute Gasteiger partial charge is 0.243 e. The zero-order valence-electron chi connectivity index (χ0n) is 20.9. The van der Waals surface area contributed by atoms with Gasteiger partial charge in [0.25, 0.3) is 0 Å². The van der Waals surface area contributed by atoms with Crippen molar-refractivity contribution in [2.45, 2.75) is 55.9 Å². The molecule has 0 saturated carbocycles. The standard InChI is InChI=1S/C26H31N5O6S/c1-31-16-27-29-26(31)38-15-21-13-22(18-10-8-17(14-32)9-11-18)37-25(36-21)19-4-2-5-20(12-19)28-23(33)6-3-7-24(34)30-35/h2,4-5,8-12,16,21-22,25,32,35H,3,6-7,13-15H2,1H3,(H,28,33)(H,30,34)/t21-,22+,25+/m1/s1. The van der Waals surface area contributed by atoms with E-state index < -0.39 is 12.2 Å². The van der Waals surface area contributed by atoms with Crippen molar-refractivity contribution in [1.29, 1.82) is 0 Å². The lowest BCUT2D eigenvalue weighted by Gasteiger charge is -2.36. The van der Waals surface area contributed by atoms with Crippen LogP contribution in [0, 0.1) is 0 Å². The van der Waals surface area contributed by atoms with Crippen LogP contribution < -0.4 is 10.8 Å². The second kappa shape index (κ2) is 13.5. The number of aryl methyl sites for hydroxylation is 1. The molecule has 0 radical (unpaired) electrons. The summed E-state index contributed by atoms with van der Waals surface area (Å²) in [6.45, 7) is -0.0261. The van der Waals surface area contributed by atoms with Crippen LogP contribution in [0.4, 0.5) is 5.69 Å². The number of benzene rings is 2. The third-order valence-electron chi connectivity index (χ3n) is 6.06. The number of carbonyl (C=O) groups excluding carboxylic acids is 2. The van der Waals surface area contributed by atoms with Crippen molar-refractivity contribution in [3.63, 3.8) is 0 Å². The van der Waals surface area contributed by atoms with Gasteiger partial charge in [0.1, 0.15) is 6.33 Å². The van der Waals surface area contributed by atoms with Crippen molar-refractivity contribution in [3.8, 4) is 0 Å². The van der Waals surface area contributed by atoms with E-state index in [1.165, 1.54) is 0 Å². The van der Waals surface area contributed by atoms with Gasteiger partial charge in [0, 0.05) is 43.3 Å². The van der Waals surface area contributed by atoms with Gasteiger partial charge < -0.3 is 24.5 Å².